The predicted octanol–water partition coefficient (Wildman–Crippen LogP) is 5.93. The van der Waals surface area contributed by atoms with Crippen LogP contribution in [0.25, 0.3) is 0 Å². The van der Waals surface area contributed by atoms with Crippen molar-refractivity contribution >= 4 is 22.9 Å². The largest absolute Gasteiger partial charge is 0.414 e. The van der Waals surface area contributed by atoms with E-state index in [4.69, 9.17) is 8.85 Å². The molecule has 0 aliphatic rings. The van der Waals surface area contributed by atoms with Crippen LogP contribution in [0, 0.1) is 0 Å². The molecular weight excluding hydrogens is 332 g/mol. The van der Waals surface area contributed by atoms with Crippen molar-refractivity contribution in [2.75, 3.05) is 6.61 Å². The first-order chi connectivity index (χ1) is 10.5. The third-order valence-electron chi connectivity index (χ3n) is 5.61. The van der Waals surface area contributed by atoms with E-state index in [-0.39, 0.29) is 16.2 Å². The molecule has 0 aliphatic carbocycles. The van der Waals surface area contributed by atoms with Gasteiger partial charge in [-0.25, -0.2) is 0 Å². The van der Waals surface area contributed by atoms with Crippen molar-refractivity contribution in [2.45, 2.75) is 97.3 Å². The summed E-state index contributed by atoms with van der Waals surface area (Å²) in [4.78, 5) is 10.8. The Labute approximate surface area is 152 Å². The number of carbonyl (C=O) groups excluding carboxylic acids is 1. The van der Waals surface area contributed by atoms with Gasteiger partial charge in [-0.1, -0.05) is 47.1 Å². The van der Waals surface area contributed by atoms with Crippen molar-refractivity contribution in [3.05, 3.63) is 11.6 Å². The van der Waals surface area contributed by atoms with Crippen molar-refractivity contribution in [1.82, 2.24) is 0 Å². The van der Waals surface area contributed by atoms with E-state index >= 15 is 0 Å². The molecule has 24 heavy (non-hydrogen) atoms. The van der Waals surface area contributed by atoms with Gasteiger partial charge in [0.15, 0.2) is 16.6 Å². The second-order valence-corrected chi connectivity index (χ2v) is 19.5. The SMILES string of the molecule is C/C(=C\C=O)C[C@@H](CO[Si](C)(C)C(C)(C)C)O[Si](C)(C)C(C)(C)C. The summed E-state index contributed by atoms with van der Waals surface area (Å²) in [5.41, 5.74) is 1.05. The van der Waals surface area contributed by atoms with E-state index in [0.717, 1.165) is 18.3 Å². The smallest absolute Gasteiger partial charge is 0.192 e. The number of aldehydes is 1. The molecule has 5 heteroatoms. The summed E-state index contributed by atoms with van der Waals surface area (Å²) in [6.07, 6.45) is 3.25. The minimum Gasteiger partial charge on any atom is -0.414 e. The number of carbonyl (C=O) groups is 1. The molecule has 0 aromatic rings. The second kappa shape index (κ2) is 8.43. The Morgan fingerprint density at radius 2 is 1.42 bits per heavy atom. The van der Waals surface area contributed by atoms with Gasteiger partial charge in [0, 0.05) is 0 Å². The van der Waals surface area contributed by atoms with Gasteiger partial charge in [-0.15, -0.1) is 0 Å². The minimum absolute atomic E-state index is 0.0104. The summed E-state index contributed by atoms with van der Waals surface area (Å²) in [6.45, 7) is 25.2. The lowest BCUT2D eigenvalue weighted by atomic mass is 10.1. The zero-order chi connectivity index (χ0) is 19.4. The average Bonchev–Trinajstić information content (AvgIpc) is 2.33. The van der Waals surface area contributed by atoms with Gasteiger partial charge in [0.2, 0.25) is 0 Å². The van der Waals surface area contributed by atoms with E-state index in [1.807, 2.05) is 6.92 Å². The maximum Gasteiger partial charge on any atom is 0.192 e. The lowest BCUT2D eigenvalue weighted by Crippen LogP contribution is -2.47. The molecule has 0 fully saturated rings. The van der Waals surface area contributed by atoms with Gasteiger partial charge in [0.1, 0.15) is 6.29 Å². The fourth-order valence-electron chi connectivity index (χ4n) is 1.79. The number of hydrogen-bond donors (Lipinski definition) is 0. The Morgan fingerprint density at radius 1 is 0.958 bits per heavy atom. The predicted molar refractivity (Wildman–Crippen MR) is 110 cm³/mol. The molecule has 0 N–H and O–H groups in total. The lowest BCUT2D eigenvalue weighted by molar-refractivity contribution is -0.104. The van der Waals surface area contributed by atoms with E-state index in [1.165, 1.54) is 0 Å². The molecule has 0 saturated heterocycles. The van der Waals surface area contributed by atoms with Crippen LogP contribution in [0.15, 0.2) is 11.6 Å². The van der Waals surface area contributed by atoms with E-state index in [2.05, 4.69) is 67.7 Å². The molecule has 0 rings (SSSR count). The average molecular weight is 373 g/mol. The van der Waals surface area contributed by atoms with Crippen LogP contribution in [-0.2, 0) is 13.6 Å². The first kappa shape index (κ1) is 23.8. The topological polar surface area (TPSA) is 35.5 Å². The molecule has 0 aromatic heterocycles. The van der Waals surface area contributed by atoms with E-state index in [1.54, 1.807) is 6.08 Å². The minimum atomic E-state index is -1.88. The van der Waals surface area contributed by atoms with Gasteiger partial charge >= 0.3 is 0 Å². The number of hydrogen-bond acceptors (Lipinski definition) is 3. The van der Waals surface area contributed by atoms with Crippen LogP contribution in [0.5, 0.6) is 0 Å². The maximum atomic E-state index is 10.8. The van der Waals surface area contributed by atoms with Gasteiger partial charge in [0.05, 0.1) is 12.7 Å². The molecule has 0 spiro atoms. The van der Waals surface area contributed by atoms with Gasteiger partial charge in [-0.05, 0) is 55.7 Å². The Hall–Kier alpha value is -0.236. The van der Waals surface area contributed by atoms with Crippen LogP contribution in [0.4, 0.5) is 0 Å². The molecule has 3 nitrogen and oxygen atoms in total. The van der Waals surface area contributed by atoms with Crippen molar-refractivity contribution in [3.63, 3.8) is 0 Å². The molecule has 0 radical (unpaired) electrons. The van der Waals surface area contributed by atoms with Crippen molar-refractivity contribution in [1.29, 1.82) is 0 Å². The van der Waals surface area contributed by atoms with Crippen molar-refractivity contribution in [2.24, 2.45) is 0 Å². The zero-order valence-corrected chi connectivity index (χ0v) is 19.9. The van der Waals surface area contributed by atoms with Crippen LogP contribution < -0.4 is 0 Å². The van der Waals surface area contributed by atoms with Gasteiger partial charge < -0.3 is 8.85 Å². The van der Waals surface area contributed by atoms with E-state index in [0.29, 0.717) is 6.61 Å². The van der Waals surface area contributed by atoms with E-state index < -0.39 is 16.6 Å². The Morgan fingerprint density at radius 3 is 1.79 bits per heavy atom. The first-order valence-electron chi connectivity index (χ1n) is 8.96. The molecule has 142 valence electrons. The van der Waals surface area contributed by atoms with Gasteiger partial charge in [-0.3, -0.25) is 4.79 Å². The number of allylic oxidation sites excluding steroid dienone is 1. The van der Waals surface area contributed by atoms with Crippen LogP contribution >= 0.6 is 0 Å². The molecule has 0 heterocycles. The van der Waals surface area contributed by atoms with Crippen LogP contribution in [0.2, 0.25) is 36.3 Å². The summed E-state index contributed by atoms with van der Waals surface area (Å²) < 4.78 is 13.0. The van der Waals surface area contributed by atoms with Gasteiger partial charge in [-0.2, -0.15) is 0 Å². The Balaban J connectivity index is 5.22. The molecule has 0 aliphatic heterocycles. The monoisotopic (exact) mass is 372 g/mol. The highest BCUT2D eigenvalue weighted by Gasteiger charge is 2.41. The van der Waals surface area contributed by atoms with Crippen molar-refractivity contribution in [3.8, 4) is 0 Å². The van der Waals surface area contributed by atoms with Crippen LogP contribution in [-0.4, -0.2) is 35.6 Å². The van der Waals surface area contributed by atoms with Crippen molar-refractivity contribution < 1.29 is 13.6 Å². The normalized spacial score (nSPS) is 16.2. The molecule has 0 amide bonds. The standard InChI is InChI=1S/C19H40O3Si2/c1-16(12-13-20)14-17(22-24(10,11)19(5,6)7)15-21-23(8,9)18(2,3)4/h12-13,17H,14-15H2,1-11H3/b16-12+/t17-/m0/s1. The third-order valence-corrected chi connectivity index (χ3v) is 14.6. The molecule has 1 atom stereocenters. The molecular formula is C19H40O3Si2. The summed E-state index contributed by atoms with van der Waals surface area (Å²) in [6, 6.07) is 0. The first-order valence-corrected chi connectivity index (χ1v) is 14.8. The summed E-state index contributed by atoms with van der Waals surface area (Å²) in [7, 11) is -3.69. The lowest BCUT2D eigenvalue weighted by Gasteiger charge is -2.41. The van der Waals surface area contributed by atoms with E-state index in [9.17, 15) is 4.79 Å². The maximum absolute atomic E-state index is 10.8. The van der Waals surface area contributed by atoms with Crippen LogP contribution in [0.1, 0.15) is 54.9 Å². The highest BCUT2D eigenvalue weighted by molar-refractivity contribution is 6.74. The summed E-state index contributed by atoms with van der Waals surface area (Å²) in [5, 5.41) is 0.340. The van der Waals surface area contributed by atoms with Crippen LogP contribution in [0.3, 0.4) is 0 Å². The molecule has 0 aromatic carbocycles. The Kier molecular flexibility index (Phi) is 8.35. The molecule has 0 unspecified atom stereocenters. The summed E-state index contributed by atoms with van der Waals surface area (Å²) >= 11 is 0. The number of rotatable bonds is 8. The fraction of sp³-hybridized carbons (Fsp3) is 0.842. The zero-order valence-electron chi connectivity index (χ0n) is 17.9. The van der Waals surface area contributed by atoms with Gasteiger partial charge in [0.25, 0.3) is 0 Å². The third kappa shape index (κ3) is 7.34. The highest BCUT2D eigenvalue weighted by Crippen LogP contribution is 2.39. The quantitative estimate of drug-likeness (QED) is 0.301. The fourth-order valence-corrected chi connectivity index (χ4v) is 4.16. The Bertz CT molecular complexity index is 441. The highest BCUT2D eigenvalue weighted by atomic mass is 28.4. The molecule has 0 saturated carbocycles. The summed E-state index contributed by atoms with van der Waals surface area (Å²) in [5.74, 6) is 0. The molecule has 0 bridgehead atoms. The second-order valence-electron chi connectivity index (χ2n) is 9.92.